The quantitative estimate of drug-likeness (QED) is 0.0828. The van der Waals surface area contributed by atoms with Crippen LogP contribution in [0.3, 0.4) is 0 Å². The Morgan fingerprint density at radius 1 is 1.32 bits per heavy atom. The van der Waals surface area contributed by atoms with Gasteiger partial charge in [-0.2, -0.15) is 9.67 Å². The van der Waals surface area contributed by atoms with Crippen molar-refractivity contribution in [3.63, 3.8) is 0 Å². The number of nitrogens with one attached hydrogen (secondary N) is 1. The molecule has 5 heterocycles. The molecule has 2 unspecified atom stereocenters. The number of aromatic nitrogens is 9. The summed E-state index contributed by atoms with van der Waals surface area (Å²) in [7, 11) is -0.319. The van der Waals surface area contributed by atoms with Crippen molar-refractivity contribution in [3.05, 3.63) is 28.7 Å². The number of hydrogen-bond donors (Lipinski definition) is 4. The number of alkyl halides is 3. The summed E-state index contributed by atoms with van der Waals surface area (Å²) in [5.41, 5.74) is 4.51. The number of nitrogens with zero attached hydrogens (tertiary/aromatic N) is 8. The molecule has 25 heteroatoms. The molecule has 5 rings (SSSR count). The highest BCUT2D eigenvalue weighted by Gasteiger charge is 2.51. The predicted molar refractivity (Wildman–Crippen MR) is 151 cm³/mol. The molecule has 0 radical (unpaired) electrons. The maximum atomic E-state index is 15.7. The van der Waals surface area contributed by atoms with Gasteiger partial charge in [0.1, 0.15) is 36.5 Å². The number of halogens is 3. The first kappa shape index (κ1) is 32.5. The van der Waals surface area contributed by atoms with Crippen LogP contribution in [0.15, 0.2) is 17.3 Å². The highest BCUT2D eigenvalue weighted by Crippen LogP contribution is 2.57. The zero-order valence-corrected chi connectivity index (χ0v) is 25.4. The average Bonchev–Trinajstić information content (AvgIpc) is 3.63. The number of imidazole rings is 1. The summed E-state index contributed by atoms with van der Waals surface area (Å²) < 4.78 is 85.8. The molecule has 1 aliphatic rings. The summed E-state index contributed by atoms with van der Waals surface area (Å²) in [6.45, 7) is -8.00. The van der Waals surface area contributed by atoms with E-state index in [0.717, 1.165) is 15.6 Å². The number of rotatable bonds is 14. The second kappa shape index (κ2) is 13.2. The lowest BCUT2D eigenvalue weighted by Gasteiger charge is -2.23. The molecule has 0 aromatic carbocycles. The van der Waals surface area contributed by atoms with Crippen molar-refractivity contribution >= 4 is 74.1 Å². The summed E-state index contributed by atoms with van der Waals surface area (Å²) >= 11 is 7.89. The van der Waals surface area contributed by atoms with E-state index in [-0.39, 0.29) is 55.2 Å². The maximum absolute atomic E-state index is 15.7. The number of carbonyl (C=O) groups is 1. The summed E-state index contributed by atoms with van der Waals surface area (Å²) in [6.07, 6.45) is -4.26. The van der Waals surface area contributed by atoms with E-state index in [1.54, 1.807) is 0 Å². The molecule has 44 heavy (non-hydrogen) atoms. The summed E-state index contributed by atoms with van der Waals surface area (Å²) in [5.74, 6) is -4.06. The molecule has 1 aliphatic heterocycles. The van der Waals surface area contributed by atoms with Gasteiger partial charge in [-0.05, 0) is 0 Å². The number of H-pyrrole nitrogens is 1. The number of nitrogens with two attached hydrogens (primary N) is 1. The molecular weight excluding hydrogens is 679 g/mol. The number of carbonyl (C=O) groups excluding carboxylic acids is 1. The molecule has 0 aliphatic carbocycles. The van der Waals surface area contributed by atoms with Crippen LogP contribution in [0.4, 0.5) is 19.1 Å². The molecule has 238 valence electrons. The minimum Gasteiger partial charge on any atom is -0.461 e. The van der Waals surface area contributed by atoms with Crippen molar-refractivity contribution in [1.82, 2.24) is 44.5 Å². The number of nitrogen functional groups attached to an aromatic ring is 1. The summed E-state index contributed by atoms with van der Waals surface area (Å²) in [4.78, 5) is 40.7. The van der Waals surface area contributed by atoms with Crippen LogP contribution in [0.2, 0.25) is 0 Å². The summed E-state index contributed by atoms with van der Waals surface area (Å²) in [5, 5.41) is 7.53. The van der Waals surface area contributed by atoms with Gasteiger partial charge in [0.05, 0.1) is 27.4 Å². The Kier molecular flexibility index (Phi) is 9.75. The monoisotopic (exact) mass is 700 g/mol. The molecule has 4 aromatic heterocycles. The first-order chi connectivity index (χ1) is 20.9. The zero-order valence-electron chi connectivity index (χ0n) is 21.8. The Balaban J connectivity index is 1.40. The SMILES string of the molecule is Nc1nc2c(nnn2[C@@H]2O[C@H](COPS)[C@@H](F)[C@H]2OP(=O)(S)OCc2nc3cncnc3n2CC(F)(F)COC=O)c(=O)[nH]1. The Hall–Kier alpha value is -2.91. The topological polar surface area (TPSA) is 226 Å². The first-order valence-corrected chi connectivity index (χ1v) is 17.0. The van der Waals surface area contributed by atoms with Crippen LogP contribution in [0.25, 0.3) is 22.3 Å². The zero-order chi connectivity index (χ0) is 31.6. The Morgan fingerprint density at radius 2 is 2.11 bits per heavy atom. The largest absolute Gasteiger partial charge is 0.461 e. The number of fused-ring (bicyclic) bond motifs is 2. The molecular formula is C19H21F3N10O8P2S2. The van der Waals surface area contributed by atoms with Crippen molar-refractivity contribution in [3.8, 4) is 0 Å². The third-order valence-electron chi connectivity index (χ3n) is 6.02. The van der Waals surface area contributed by atoms with Gasteiger partial charge in [-0.15, -0.1) is 17.3 Å². The van der Waals surface area contributed by atoms with E-state index in [4.69, 9.17) is 24.0 Å². The third-order valence-corrected chi connectivity index (χ3v) is 8.30. The standard InChI is InChI=1S/C19H21F3N10O8P2S2/c20-11-9(2-37-41-43)39-17(32-15-12(29-30-32)16(34)28-18(23)27-15)13(11)40-42(35,44)38-3-10-26-8-1-24-6-25-14(8)31(10)4-19(21,22)5-36-7-33/h1,6-7,9,11,13,17,41,43H,2-5H2,(H,35,44)(H3,23,27,28,34)/t9-,11-,13-,17-,42?/m1/s1. The number of thiol groups is 2. The molecule has 0 amide bonds. The fourth-order valence-electron chi connectivity index (χ4n) is 4.24. The Morgan fingerprint density at radius 3 is 2.86 bits per heavy atom. The van der Waals surface area contributed by atoms with Crippen LogP contribution >= 0.6 is 39.3 Å². The van der Waals surface area contributed by atoms with Crippen LogP contribution in [-0.4, -0.2) is 88.5 Å². The molecule has 0 spiro atoms. The normalized spacial score (nSPS) is 22.3. The van der Waals surface area contributed by atoms with Gasteiger partial charge in [0, 0.05) is 0 Å². The molecule has 4 aromatic rings. The lowest BCUT2D eigenvalue weighted by atomic mass is 10.1. The minimum atomic E-state index is -4.55. The third kappa shape index (κ3) is 6.99. The highest BCUT2D eigenvalue weighted by atomic mass is 32.7. The van der Waals surface area contributed by atoms with E-state index >= 15 is 4.39 Å². The number of ether oxygens (including phenoxy) is 2. The van der Waals surface area contributed by atoms with Crippen molar-refractivity contribution in [2.45, 2.75) is 43.7 Å². The molecule has 0 bridgehead atoms. The summed E-state index contributed by atoms with van der Waals surface area (Å²) in [6, 6.07) is 0. The molecule has 0 saturated carbocycles. The molecule has 1 fully saturated rings. The lowest BCUT2D eigenvalue weighted by molar-refractivity contribution is -0.141. The fraction of sp³-hybridized carbons (Fsp3) is 0.474. The van der Waals surface area contributed by atoms with Crippen molar-refractivity contribution in [1.29, 1.82) is 0 Å². The van der Waals surface area contributed by atoms with Gasteiger partial charge in [-0.1, -0.05) is 17.5 Å². The van der Waals surface area contributed by atoms with Gasteiger partial charge in [0.2, 0.25) is 5.95 Å². The smallest absolute Gasteiger partial charge is 0.387 e. The maximum Gasteiger partial charge on any atom is 0.387 e. The van der Waals surface area contributed by atoms with E-state index in [2.05, 4.69) is 64.5 Å². The van der Waals surface area contributed by atoms with Crippen LogP contribution in [0, 0.1) is 0 Å². The van der Waals surface area contributed by atoms with Gasteiger partial charge >= 0.3 is 6.80 Å². The van der Waals surface area contributed by atoms with Gasteiger partial charge < -0.3 is 24.3 Å². The predicted octanol–water partition coefficient (Wildman–Crippen LogP) is 1.38. The lowest BCUT2D eigenvalue weighted by Crippen LogP contribution is -2.32. The average molecular weight is 701 g/mol. The second-order valence-electron chi connectivity index (χ2n) is 8.99. The van der Waals surface area contributed by atoms with E-state index in [1.165, 1.54) is 6.20 Å². The number of aromatic amines is 1. The van der Waals surface area contributed by atoms with Crippen LogP contribution in [0.1, 0.15) is 12.1 Å². The van der Waals surface area contributed by atoms with Crippen molar-refractivity contribution in [2.24, 2.45) is 0 Å². The van der Waals surface area contributed by atoms with E-state index in [9.17, 15) is 22.9 Å². The van der Waals surface area contributed by atoms with Gasteiger partial charge in [-0.3, -0.25) is 23.6 Å². The van der Waals surface area contributed by atoms with Crippen LogP contribution < -0.4 is 11.3 Å². The van der Waals surface area contributed by atoms with E-state index in [0.29, 0.717) is 0 Å². The van der Waals surface area contributed by atoms with Crippen molar-refractivity contribution < 1.29 is 45.6 Å². The number of anilines is 1. The molecule has 18 nitrogen and oxygen atoms in total. The Labute approximate surface area is 255 Å². The van der Waals surface area contributed by atoms with E-state index in [1.807, 2.05) is 0 Å². The van der Waals surface area contributed by atoms with Crippen molar-refractivity contribution in [2.75, 3.05) is 18.9 Å². The minimum absolute atomic E-state index is 0.0278. The van der Waals surface area contributed by atoms with E-state index < -0.39 is 62.6 Å². The molecule has 6 atom stereocenters. The second-order valence-corrected chi connectivity index (χ2v) is 12.9. The number of hydrogen-bond acceptors (Lipinski definition) is 16. The van der Waals surface area contributed by atoms with Crippen LogP contribution in [-0.2, 0) is 45.6 Å². The fourth-order valence-corrected chi connectivity index (χ4v) is 6.07. The molecule has 3 N–H and O–H groups in total. The highest BCUT2D eigenvalue weighted by molar-refractivity contribution is 8.44. The van der Waals surface area contributed by atoms with Gasteiger partial charge in [-0.25, -0.2) is 32.7 Å². The van der Waals surface area contributed by atoms with Gasteiger partial charge in [0.25, 0.3) is 18.0 Å². The Bertz CT molecular complexity index is 1770. The van der Waals surface area contributed by atoms with Gasteiger partial charge in [0.15, 0.2) is 35.8 Å². The first-order valence-electron chi connectivity index (χ1n) is 12.1. The van der Waals surface area contributed by atoms with Crippen LogP contribution in [0.5, 0.6) is 0 Å². The molecule has 1 saturated heterocycles.